The van der Waals surface area contributed by atoms with E-state index in [1.54, 1.807) is 6.92 Å². The van der Waals surface area contributed by atoms with Gasteiger partial charge in [0.05, 0.1) is 10.8 Å². The summed E-state index contributed by atoms with van der Waals surface area (Å²) in [5, 5.41) is 8.25. The molecule has 0 bridgehead atoms. The SMILES string of the molecule is CC[S@@](=O)[C@@H](C(=O)O)N1CCC(C)CC1. The van der Waals surface area contributed by atoms with Crippen molar-refractivity contribution in [2.75, 3.05) is 18.8 Å². The Morgan fingerprint density at radius 2 is 2.07 bits per heavy atom. The fourth-order valence-corrected chi connectivity index (χ4v) is 2.94. The van der Waals surface area contributed by atoms with Crippen molar-refractivity contribution in [3.05, 3.63) is 0 Å². The van der Waals surface area contributed by atoms with Crippen LogP contribution in [0.1, 0.15) is 26.7 Å². The lowest BCUT2D eigenvalue weighted by atomic mass is 9.99. The number of rotatable bonds is 4. The number of aliphatic carboxylic acids is 1. The van der Waals surface area contributed by atoms with Gasteiger partial charge in [0.1, 0.15) is 0 Å². The third-order valence-electron chi connectivity index (χ3n) is 2.89. The molecule has 1 fully saturated rings. The van der Waals surface area contributed by atoms with Gasteiger partial charge in [-0.05, 0) is 18.8 Å². The Labute approximate surface area is 93.1 Å². The highest BCUT2D eigenvalue weighted by Crippen LogP contribution is 2.19. The molecule has 15 heavy (non-hydrogen) atoms. The number of piperidine rings is 1. The maximum absolute atomic E-state index is 11.6. The van der Waals surface area contributed by atoms with Crippen LogP contribution < -0.4 is 0 Å². The van der Waals surface area contributed by atoms with E-state index in [0.29, 0.717) is 11.7 Å². The van der Waals surface area contributed by atoms with E-state index >= 15 is 0 Å². The molecule has 0 unspecified atom stereocenters. The molecule has 1 N–H and O–H groups in total. The van der Waals surface area contributed by atoms with Crippen LogP contribution in [0.3, 0.4) is 0 Å². The number of hydrogen-bond acceptors (Lipinski definition) is 3. The van der Waals surface area contributed by atoms with E-state index < -0.39 is 22.1 Å². The molecule has 0 aromatic rings. The molecule has 0 aromatic carbocycles. The van der Waals surface area contributed by atoms with Crippen LogP contribution in [0.4, 0.5) is 0 Å². The molecule has 88 valence electrons. The minimum atomic E-state index is -1.28. The molecule has 2 atom stereocenters. The maximum atomic E-state index is 11.6. The molecule has 0 spiro atoms. The lowest BCUT2D eigenvalue weighted by Crippen LogP contribution is -2.48. The predicted octanol–water partition coefficient (Wildman–Crippen LogP) is 0.898. The summed E-state index contributed by atoms with van der Waals surface area (Å²) >= 11 is 0. The topological polar surface area (TPSA) is 57.6 Å². The normalized spacial score (nSPS) is 23.6. The lowest BCUT2D eigenvalue weighted by molar-refractivity contribution is -0.140. The zero-order chi connectivity index (χ0) is 11.4. The van der Waals surface area contributed by atoms with Crippen LogP contribution >= 0.6 is 0 Å². The Morgan fingerprint density at radius 1 is 1.53 bits per heavy atom. The average Bonchev–Trinajstić information content (AvgIpc) is 2.20. The van der Waals surface area contributed by atoms with Gasteiger partial charge in [0.15, 0.2) is 5.37 Å². The van der Waals surface area contributed by atoms with Gasteiger partial charge in [0.2, 0.25) is 0 Å². The number of hydrogen-bond donors (Lipinski definition) is 1. The van der Waals surface area contributed by atoms with Crippen LogP contribution in [0.15, 0.2) is 0 Å². The minimum absolute atomic E-state index is 0.406. The highest BCUT2D eigenvalue weighted by molar-refractivity contribution is 7.86. The van der Waals surface area contributed by atoms with Gasteiger partial charge in [-0.2, -0.15) is 0 Å². The molecular weight excluding hydrogens is 214 g/mol. The second-order valence-corrected chi connectivity index (χ2v) is 5.86. The monoisotopic (exact) mass is 233 g/mol. The van der Waals surface area contributed by atoms with Crippen molar-refractivity contribution < 1.29 is 14.1 Å². The first-order chi connectivity index (χ1) is 7.06. The Morgan fingerprint density at radius 3 is 2.47 bits per heavy atom. The summed E-state index contributed by atoms with van der Waals surface area (Å²) in [6, 6.07) is 0. The van der Waals surface area contributed by atoms with Crippen molar-refractivity contribution in [2.45, 2.75) is 32.1 Å². The first-order valence-corrected chi connectivity index (χ1v) is 6.78. The predicted molar refractivity (Wildman–Crippen MR) is 60.1 cm³/mol. The molecule has 5 heteroatoms. The van der Waals surface area contributed by atoms with E-state index in [9.17, 15) is 9.00 Å². The van der Waals surface area contributed by atoms with Gasteiger partial charge in [-0.1, -0.05) is 13.8 Å². The van der Waals surface area contributed by atoms with Gasteiger partial charge in [-0.25, -0.2) is 4.79 Å². The summed E-state index contributed by atoms with van der Waals surface area (Å²) < 4.78 is 11.6. The van der Waals surface area contributed by atoms with Crippen molar-refractivity contribution in [1.29, 1.82) is 0 Å². The number of nitrogens with zero attached hydrogens (tertiary/aromatic N) is 1. The maximum Gasteiger partial charge on any atom is 0.334 e. The summed E-state index contributed by atoms with van der Waals surface area (Å²) in [5.41, 5.74) is 0. The molecular formula is C10H19NO3S. The number of carbonyl (C=O) groups is 1. The standard InChI is InChI=1S/C10H19NO3S/c1-3-15(14)9(10(12)13)11-6-4-8(2)5-7-11/h8-9H,3-7H2,1-2H3,(H,12,13)/t9-,15+/m0/s1. The fourth-order valence-electron chi connectivity index (χ4n) is 1.86. The molecule has 4 nitrogen and oxygen atoms in total. The number of carboxylic acid groups (broad SMARTS) is 1. The summed E-state index contributed by atoms with van der Waals surface area (Å²) in [6.07, 6.45) is 2.01. The molecule has 1 rings (SSSR count). The molecule has 0 radical (unpaired) electrons. The van der Waals surface area contributed by atoms with Gasteiger partial charge >= 0.3 is 5.97 Å². The number of carboxylic acids is 1. The first kappa shape index (κ1) is 12.6. The fraction of sp³-hybridized carbons (Fsp3) is 0.900. The smallest absolute Gasteiger partial charge is 0.334 e. The van der Waals surface area contributed by atoms with Crippen molar-refractivity contribution in [2.24, 2.45) is 5.92 Å². The quantitative estimate of drug-likeness (QED) is 0.783. The molecule has 0 amide bonds. The van der Waals surface area contributed by atoms with Crippen LogP contribution in [0.5, 0.6) is 0 Å². The van der Waals surface area contributed by atoms with E-state index in [4.69, 9.17) is 5.11 Å². The summed E-state index contributed by atoms with van der Waals surface area (Å²) in [6.45, 7) is 5.44. The van der Waals surface area contributed by atoms with Gasteiger partial charge < -0.3 is 5.11 Å². The van der Waals surface area contributed by atoms with E-state index in [0.717, 1.165) is 25.9 Å². The second-order valence-electron chi connectivity index (χ2n) is 4.08. The van der Waals surface area contributed by atoms with Crippen LogP contribution in [0.2, 0.25) is 0 Å². The molecule has 0 aromatic heterocycles. The van der Waals surface area contributed by atoms with E-state index in [1.165, 1.54) is 0 Å². The molecule has 1 heterocycles. The molecule has 0 saturated carbocycles. The zero-order valence-electron chi connectivity index (χ0n) is 9.31. The van der Waals surface area contributed by atoms with Crippen LogP contribution in [0, 0.1) is 5.92 Å². The minimum Gasteiger partial charge on any atom is -0.479 e. The molecule has 1 saturated heterocycles. The van der Waals surface area contributed by atoms with Crippen molar-refractivity contribution in [1.82, 2.24) is 4.90 Å². The molecule has 0 aliphatic carbocycles. The first-order valence-electron chi connectivity index (χ1n) is 5.40. The number of likely N-dealkylation sites (tertiary alicyclic amines) is 1. The third-order valence-corrected chi connectivity index (χ3v) is 4.46. The molecule has 1 aliphatic rings. The van der Waals surface area contributed by atoms with E-state index in [2.05, 4.69) is 6.92 Å². The van der Waals surface area contributed by atoms with E-state index in [1.807, 2.05) is 4.90 Å². The van der Waals surface area contributed by atoms with Crippen molar-refractivity contribution >= 4 is 16.8 Å². The van der Waals surface area contributed by atoms with Gasteiger partial charge in [0, 0.05) is 18.8 Å². The molecule has 1 aliphatic heterocycles. The van der Waals surface area contributed by atoms with Crippen LogP contribution in [-0.4, -0.2) is 44.4 Å². The highest BCUT2D eigenvalue weighted by atomic mass is 32.2. The summed E-state index contributed by atoms with van der Waals surface area (Å²) in [5.74, 6) is 0.110. The highest BCUT2D eigenvalue weighted by Gasteiger charge is 2.32. The van der Waals surface area contributed by atoms with Gasteiger partial charge in [-0.3, -0.25) is 9.11 Å². The van der Waals surface area contributed by atoms with Crippen molar-refractivity contribution in [3.8, 4) is 0 Å². The Kier molecular flexibility index (Phi) is 4.73. The van der Waals surface area contributed by atoms with Crippen LogP contribution in [0.25, 0.3) is 0 Å². The second kappa shape index (κ2) is 5.61. The van der Waals surface area contributed by atoms with Gasteiger partial charge in [0.25, 0.3) is 0 Å². The summed E-state index contributed by atoms with van der Waals surface area (Å²) in [4.78, 5) is 12.9. The van der Waals surface area contributed by atoms with Crippen LogP contribution in [-0.2, 0) is 15.6 Å². The van der Waals surface area contributed by atoms with E-state index in [-0.39, 0.29) is 0 Å². The average molecular weight is 233 g/mol. The summed E-state index contributed by atoms with van der Waals surface area (Å²) in [7, 11) is -1.28. The Hall–Kier alpha value is -0.420. The Bertz CT molecular complexity index is 249. The lowest BCUT2D eigenvalue weighted by Gasteiger charge is -2.33. The van der Waals surface area contributed by atoms with Crippen molar-refractivity contribution in [3.63, 3.8) is 0 Å². The van der Waals surface area contributed by atoms with Gasteiger partial charge in [-0.15, -0.1) is 0 Å². The third kappa shape index (κ3) is 3.28. The Balaban J connectivity index is 2.64. The largest absolute Gasteiger partial charge is 0.479 e. The zero-order valence-corrected chi connectivity index (χ0v) is 10.1.